The normalized spacial score (nSPS) is 14.1. The Morgan fingerprint density at radius 1 is 1.07 bits per heavy atom. The molecule has 1 aromatic rings. The largest absolute Gasteiger partial charge is 0.497 e. The predicted molar refractivity (Wildman–Crippen MR) is 121 cm³/mol. The molecule has 28 heavy (non-hydrogen) atoms. The summed E-state index contributed by atoms with van der Waals surface area (Å²) in [5, 5.41) is 4.41. The molecule has 0 amide bonds. The standard InChI is InChI=1S/C23H38N2O2S/c1-4-5-6-7-8-11-16-24-23(28)25(20-12-9-10-13-20)18-19-14-15-21(26-2)17-22(19)27-3/h14-15,17,20H,4-13,16,18H2,1-3H3,(H,24,28). The Kier molecular flexibility index (Phi) is 10.5. The fraction of sp³-hybridized carbons (Fsp3) is 0.696. The van der Waals surface area contributed by atoms with E-state index in [0.29, 0.717) is 6.04 Å². The van der Waals surface area contributed by atoms with Crippen LogP contribution in [0.15, 0.2) is 18.2 Å². The molecule has 0 saturated heterocycles. The molecule has 0 unspecified atom stereocenters. The number of hydrogen-bond acceptors (Lipinski definition) is 3. The molecule has 0 aliphatic heterocycles. The lowest BCUT2D eigenvalue weighted by atomic mass is 10.1. The minimum atomic E-state index is 0.524. The maximum atomic E-state index is 5.81. The number of nitrogens with zero attached hydrogens (tertiary/aromatic N) is 1. The number of unbranched alkanes of at least 4 members (excludes halogenated alkanes) is 5. The van der Waals surface area contributed by atoms with Crippen LogP contribution >= 0.6 is 12.2 Å². The van der Waals surface area contributed by atoms with Crippen LogP contribution in [0.3, 0.4) is 0 Å². The summed E-state index contributed by atoms with van der Waals surface area (Å²) >= 11 is 5.81. The second-order valence-corrected chi connectivity index (χ2v) is 8.13. The third-order valence-electron chi connectivity index (χ3n) is 5.67. The van der Waals surface area contributed by atoms with Gasteiger partial charge in [0.05, 0.1) is 14.2 Å². The second-order valence-electron chi connectivity index (χ2n) is 7.74. The Balaban J connectivity index is 1.93. The summed E-state index contributed by atoms with van der Waals surface area (Å²) in [7, 11) is 3.40. The molecule has 4 nitrogen and oxygen atoms in total. The van der Waals surface area contributed by atoms with Crippen LogP contribution in [-0.2, 0) is 6.54 Å². The van der Waals surface area contributed by atoms with Crippen LogP contribution < -0.4 is 14.8 Å². The molecule has 0 atom stereocenters. The fourth-order valence-electron chi connectivity index (χ4n) is 3.95. The molecular formula is C23H38N2O2S. The minimum Gasteiger partial charge on any atom is -0.497 e. The van der Waals surface area contributed by atoms with Gasteiger partial charge in [-0.15, -0.1) is 0 Å². The molecule has 1 saturated carbocycles. The highest BCUT2D eigenvalue weighted by molar-refractivity contribution is 7.80. The molecule has 1 aliphatic rings. The lowest BCUT2D eigenvalue weighted by molar-refractivity contribution is 0.296. The van der Waals surface area contributed by atoms with Crippen molar-refractivity contribution in [3.05, 3.63) is 23.8 Å². The minimum absolute atomic E-state index is 0.524. The van der Waals surface area contributed by atoms with E-state index in [1.165, 1.54) is 64.2 Å². The average molecular weight is 407 g/mol. The maximum Gasteiger partial charge on any atom is 0.169 e. The van der Waals surface area contributed by atoms with E-state index >= 15 is 0 Å². The van der Waals surface area contributed by atoms with E-state index in [1.54, 1.807) is 14.2 Å². The van der Waals surface area contributed by atoms with Crippen molar-refractivity contribution >= 4 is 17.3 Å². The first-order valence-electron chi connectivity index (χ1n) is 10.9. The van der Waals surface area contributed by atoms with E-state index in [-0.39, 0.29) is 0 Å². The molecule has 2 rings (SSSR count). The van der Waals surface area contributed by atoms with Gasteiger partial charge in [0.15, 0.2) is 5.11 Å². The van der Waals surface area contributed by atoms with Gasteiger partial charge >= 0.3 is 0 Å². The van der Waals surface area contributed by atoms with Crippen LogP contribution in [0.4, 0.5) is 0 Å². The van der Waals surface area contributed by atoms with Gasteiger partial charge in [-0.05, 0) is 43.6 Å². The topological polar surface area (TPSA) is 33.7 Å². The van der Waals surface area contributed by atoms with Gasteiger partial charge in [-0.2, -0.15) is 0 Å². The van der Waals surface area contributed by atoms with Crippen molar-refractivity contribution in [2.45, 2.75) is 83.7 Å². The first kappa shape index (κ1) is 22.8. The number of hydrogen-bond donors (Lipinski definition) is 1. The SMILES string of the molecule is CCCCCCCCNC(=S)N(Cc1ccc(OC)cc1OC)C1CCCC1. The zero-order chi connectivity index (χ0) is 20.2. The molecule has 0 heterocycles. The first-order chi connectivity index (χ1) is 13.7. The van der Waals surface area contributed by atoms with Gasteiger partial charge in [-0.25, -0.2) is 0 Å². The molecule has 158 valence electrons. The van der Waals surface area contributed by atoms with Gasteiger partial charge in [-0.1, -0.05) is 51.9 Å². The van der Waals surface area contributed by atoms with Crippen LogP contribution in [0.1, 0.15) is 76.7 Å². The van der Waals surface area contributed by atoms with Gasteiger partial charge in [0.2, 0.25) is 0 Å². The molecular weight excluding hydrogens is 368 g/mol. The van der Waals surface area contributed by atoms with Crippen molar-refractivity contribution in [1.82, 2.24) is 10.2 Å². The predicted octanol–water partition coefficient (Wildman–Crippen LogP) is 5.68. The van der Waals surface area contributed by atoms with E-state index < -0.39 is 0 Å². The summed E-state index contributed by atoms with van der Waals surface area (Å²) in [6, 6.07) is 6.57. The fourth-order valence-corrected chi connectivity index (χ4v) is 4.27. The van der Waals surface area contributed by atoms with E-state index in [0.717, 1.165) is 35.3 Å². The van der Waals surface area contributed by atoms with Crippen LogP contribution in [0.5, 0.6) is 11.5 Å². The highest BCUT2D eigenvalue weighted by Crippen LogP contribution is 2.30. The monoisotopic (exact) mass is 406 g/mol. The van der Waals surface area contributed by atoms with Gasteiger partial charge in [0, 0.05) is 30.8 Å². The van der Waals surface area contributed by atoms with Crippen molar-refractivity contribution in [1.29, 1.82) is 0 Å². The molecule has 0 aromatic heterocycles. The molecule has 1 aliphatic carbocycles. The number of nitrogens with one attached hydrogen (secondary N) is 1. The molecule has 0 bridgehead atoms. The molecule has 5 heteroatoms. The molecule has 0 spiro atoms. The van der Waals surface area contributed by atoms with Gasteiger partial charge in [0.25, 0.3) is 0 Å². The quantitative estimate of drug-likeness (QED) is 0.356. The second kappa shape index (κ2) is 12.9. The Labute approximate surface area is 177 Å². The van der Waals surface area contributed by atoms with Crippen molar-refractivity contribution < 1.29 is 9.47 Å². The summed E-state index contributed by atoms with van der Waals surface area (Å²) in [5.41, 5.74) is 1.15. The van der Waals surface area contributed by atoms with E-state index in [4.69, 9.17) is 21.7 Å². The van der Waals surface area contributed by atoms with Crippen molar-refractivity contribution in [3.63, 3.8) is 0 Å². The highest BCUT2D eigenvalue weighted by Gasteiger charge is 2.25. The summed E-state index contributed by atoms with van der Waals surface area (Å²) < 4.78 is 10.9. The third kappa shape index (κ3) is 7.16. The Bertz CT molecular complexity index is 588. The summed E-state index contributed by atoms with van der Waals surface area (Å²) in [5.74, 6) is 1.68. The Hall–Kier alpha value is -1.49. The average Bonchev–Trinajstić information content (AvgIpc) is 3.25. The molecule has 0 radical (unpaired) electrons. The highest BCUT2D eigenvalue weighted by atomic mass is 32.1. The van der Waals surface area contributed by atoms with Gasteiger partial charge < -0.3 is 19.7 Å². The van der Waals surface area contributed by atoms with E-state index in [2.05, 4.69) is 23.2 Å². The molecule has 1 N–H and O–H groups in total. The maximum absolute atomic E-state index is 5.81. The number of benzene rings is 1. The van der Waals surface area contributed by atoms with E-state index in [1.807, 2.05) is 12.1 Å². The van der Waals surface area contributed by atoms with Gasteiger partial charge in [-0.3, -0.25) is 0 Å². The van der Waals surface area contributed by atoms with Gasteiger partial charge in [0.1, 0.15) is 11.5 Å². The molecule has 1 fully saturated rings. The third-order valence-corrected chi connectivity index (χ3v) is 6.05. The summed E-state index contributed by atoms with van der Waals surface area (Å²) in [6.07, 6.45) is 12.8. The first-order valence-corrected chi connectivity index (χ1v) is 11.4. The Morgan fingerprint density at radius 3 is 2.46 bits per heavy atom. The summed E-state index contributed by atoms with van der Waals surface area (Å²) in [4.78, 5) is 2.38. The lowest BCUT2D eigenvalue weighted by Crippen LogP contribution is -2.44. The Morgan fingerprint density at radius 2 is 1.79 bits per heavy atom. The number of methoxy groups -OCH3 is 2. The number of thiocarbonyl (C=S) groups is 1. The van der Waals surface area contributed by atoms with Crippen LogP contribution in [-0.4, -0.2) is 36.8 Å². The van der Waals surface area contributed by atoms with E-state index in [9.17, 15) is 0 Å². The zero-order valence-electron chi connectivity index (χ0n) is 18.0. The van der Waals surface area contributed by atoms with Crippen LogP contribution in [0.25, 0.3) is 0 Å². The van der Waals surface area contributed by atoms with Crippen molar-refractivity contribution in [2.24, 2.45) is 0 Å². The summed E-state index contributed by atoms with van der Waals surface area (Å²) in [6.45, 7) is 4.00. The number of rotatable bonds is 12. The number of ether oxygens (including phenoxy) is 2. The van der Waals surface area contributed by atoms with Crippen molar-refractivity contribution in [2.75, 3.05) is 20.8 Å². The van der Waals surface area contributed by atoms with Crippen LogP contribution in [0, 0.1) is 0 Å². The van der Waals surface area contributed by atoms with Crippen LogP contribution in [0.2, 0.25) is 0 Å². The lowest BCUT2D eigenvalue weighted by Gasteiger charge is -2.32. The molecule has 1 aromatic carbocycles. The van der Waals surface area contributed by atoms with Crippen molar-refractivity contribution in [3.8, 4) is 11.5 Å². The smallest absolute Gasteiger partial charge is 0.169 e. The zero-order valence-corrected chi connectivity index (χ0v) is 18.8.